The minimum absolute atomic E-state index is 0.859. The standard InChI is InChI=1S/C13H13BrN4/c1-3-9-7-12(18(2)17-9)13-15-10-5-4-8(14)6-11(10)16-13/h4-7H,3H2,1-2H3,(H,15,16). The van der Waals surface area contributed by atoms with E-state index >= 15 is 0 Å². The second-order valence-corrected chi connectivity index (χ2v) is 5.16. The Morgan fingerprint density at radius 2 is 2.17 bits per heavy atom. The number of imidazole rings is 1. The first-order valence-corrected chi connectivity index (χ1v) is 6.65. The highest BCUT2D eigenvalue weighted by Gasteiger charge is 2.11. The van der Waals surface area contributed by atoms with Crippen molar-refractivity contribution in [2.45, 2.75) is 13.3 Å². The van der Waals surface area contributed by atoms with Gasteiger partial charge in [0.15, 0.2) is 5.82 Å². The lowest BCUT2D eigenvalue weighted by molar-refractivity contribution is 0.749. The second kappa shape index (κ2) is 4.24. The molecule has 3 aromatic rings. The summed E-state index contributed by atoms with van der Waals surface area (Å²) in [5.74, 6) is 0.859. The Morgan fingerprint density at radius 3 is 2.89 bits per heavy atom. The summed E-state index contributed by atoms with van der Waals surface area (Å²) in [5.41, 5.74) is 4.08. The van der Waals surface area contributed by atoms with Crippen molar-refractivity contribution >= 4 is 27.0 Å². The number of nitrogens with zero attached hydrogens (tertiary/aromatic N) is 3. The lowest BCUT2D eigenvalue weighted by Crippen LogP contribution is -1.95. The third kappa shape index (κ3) is 1.84. The molecule has 2 aromatic heterocycles. The molecule has 5 heteroatoms. The number of rotatable bonds is 2. The number of hydrogen-bond acceptors (Lipinski definition) is 2. The fourth-order valence-corrected chi connectivity index (χ4v) is 2.39. The van der Waals surface area contributed by atoms with E-state index in [1.165, 1.54) is 0 Å². The number of nitrogens with one attached hydrogen (secondary N) is 1. The van der Waals surface area contributed by atoms with Gasteiger partial charge in [0.05, 0.1) is 16.7 Å². The molecule has 0 amide bonds. The first-order chi connectivity index (χ1) is 8.67. The van der Waals surface area contributed by atoms with E-state index in [0.29, 0.717) is 0 Å². The summed E-state index contributed by atoms with van der Waals surface area (Å²) in [6.45, 7) is 2.10. The maximum absolute atomic E-state index is 4.60. The summed E-state index contributed by atoms with van der Waals surface area (Å²) in [5, 5.41) is 4.44. The maximum Gasteiger partial charge on any atom is 0.156 e. The van der Waals surface area contributed by atoms with Gasteiger partial charge in [-0.25, -0.2) is 4.98 Å². The van der Waals surface area contributed by atoms with Crippen molar-refractivity contribution in [2.24, 2.45) is 7.05 Å². The fraction of sp³-hybridized carbons (Fsp3) is 0.231. The van der Waals surface area contributed by atoms with E-state index in [-0.39, 0.29) is 0 Å². The van der Waals surface area contributed by atoms with Crippen LogP contribution >= 0.6 is 15.9 Å². The van der Waals surface area contributed by atoms with Crippen LogP contribution < -0.4 is 0 Å². The molecule has 2 heterocycles. The molecule has 0 radical (unpaired) electrons. The van der Waals surface area contributed by atoms with Gasteiger partial charge in [0, 0.05) is 11.5 Å². The Balaban J connectivity index is 2.15. The highest BCUT2D eigenvalue weighted by Crippen LogP contribution is 2.23. The smallest absolute Gasteiger partial charge is 0.156 e. The van der Waals surface area contributed by atoms with E-state index in [1.807, 2.05) is 29.9 Å². The average Bonchev–Trinajstić information content (AvgIpc) is 2.91. The first-order valence-electron chi connectivity index (χ1n) is 5.86. The topological polar surface area (TPSA) is 46.5 Å². The van der Waals surface area contributed by atoms with E-state index in [4.69, 9.17) is 0 Å². The molecular formula is C13H13BrN4. The first kappa shape index (κ1) is 11.5. The Labute approximate surface area is 113 Å². The van der Waals surface area contributed by atoms with Crippen molar-refractivity contribution < 1.29 is 0 Å². The molecule has 0 saturated heterocycles. The van der Waals surface area contributed by atoms with Crippen molar-refractivity contribution in [2.75, 3.05) is 0 Å². The summed E-state index contributed by atoms with van der Waals surface area (Å²) in [4.78, 5) is 7.92. The average molecular weight is 305 g/mol. The largest absolute Gasteiger partial charge is 0.337 e. The number of fused-ring (bicyclic) bond motifs is 1. The predicted molar refractivity (Wildman–Crippen MR) is 75.4 cm³/mol. The van der Waals surface area contributed by atoms with E-state index in [1.54, 1.807) is 0 Å². The van der Waals surface area contributed by atoms with Gasteiger partial charge in [0.25, 0.3) is 0 Å². The number of halogens is 1. The van der Waals surface area contributed by atoms with Crippen LogP contribution in [0.2, 0.25) is 0 Å². The fourth-order valence-electron chi connectivity index (χ4n) is 2.02. The van der Waals surface area contributed by atoms with E-state index in [2.05, 4.69) is 44.0 Å². The normalized spacial score (nSPS) is 11.3. The lowest BCUT2D eigenvalue weighted by atomic mass is 10.3. The Hall–Kier alpha value is -1.62. The van der Waals surface area contributed by atoms with Crippen molar-refractivity contribution in [3.05, 3.63) is 34.4 Å². The van der Waals surface area contributed by atoms with Gasteiger partial charge >= 0.3 is 0 Å². The van der Waals surface area contributed by atoms with Gasteiger partial charge in [-0.1, -0.05) is 22.9 Å². The molecule has 0 spiro atoms. The van der Waals surface area contributed by atoms with Crippen LogP contribution in [-0.2, 0) is 13.5 Å². The van der Waals surface area contributed by atoms with Gasteiger partial charge in [0.1, 0.15) is 5.69 Å². The molecule has 3 rings (SSSR count). The molecule has 0 fully saturated rings. The number of hydrogen-bond donors (Lipinski definition) is 1. The van der Waals surface area contributed by atoms with Crippen molar-refractivity contribution in [1.82, 2.24) is 19.7 Å². The number of H-pyrrole nitrogens is 1. The van der Waals surface area contributed by atoms with Crippen LogP contribution in [0.3, 0.4) is 0 Å². The zero-order valence-electron chi connectivity index (χ0n) is 10.2. The minimum atomic E-state index is 0.859. The molecule has 1 aromatic carbocycles. The zero-order valence-corrected chi connectivity index (χ0v) is 11.8. The lowest BCUT2D eigenvalue weighted by Gasteiger charge is -1.95. The molecule has 1 N–H and O–H groups in total. The zero-order chi connectivity index (χ0) is 12.7. The van der Waals surface area contributed by atoms with Crippen LogP contribution in [0.5, 0.6) is 0 Å². The van der Waals surface area contributed by atoms with Crippen molar-refractivity contribution in [3.63, 3.8) is 0 Å². The number of aromatic nitrogens is 4. The molecule has 18 heavy (non-hydrogen) atoms. The Bertz CT molecular complexity index is 711. The molecular weight excluding hydrogens is 292 g/mol. The van der Waals surface area contributed by atoms with Crippen LogP contribution in [-0.4, -0.2) is 19.7 Å². The Morgan fingerprint density at radius 1 is 1.33 bits per heavy atom. The van der Waals surface area contributed by atoms with Gasteiger partial charge in [0.2, 0.25) is 0 Å². The van der Waals surface area contributed by atoms with Gasteiger partial charge in [-0.3, -0.25) is 4.68 Å². The van der Waals surface area contributed by atoms with Crippen LogP contribution in [0.1, 0.15) is 12.6 Å². The highest BCUT2D eigenvalue weighted by atomic mass is 79.9. The SMILES string of the molecule is CCc1cc(-c2nc3ccc(Br)cc3[nH]2)n(C)n1. The minimum Gasteiger partial charge on any atom is -0.337 e. The summed E-state index contributed by atoms with van der Waals surface area (Å²) in [7, 11) is 1.94. The molecule has 0 atom stereocenters. The predicted octanol–water partition coefficient (Wildman–Crippen LogP) is 3.29. The third-order valence-corrected chi connectivity index (χ3v) is 3.47. The van der Waals surface area contributed by atoms with E-state index in [0.717, 1.165) is 39.1 Å². The van der Waals surface area contributed by atoms with Gasteiger partial charge < -0.3 is 4.98 Å². The summed E-state index contributed by atoms with van der Waals surface area (Å²) >= 11 is 3.46. The van der Waals surface area contributed by atoms with E-state index < -0.39 is 0 Å². The number of aryl methyl sites for hydroxylation is 2. The molecule has 0 aliphatic heterocycles. The van der Waals surface area contributed by atoms with Crippen LogP contribution in [0.15, 0.2) is 28.7 Å². The third-order valence-electron chi connectivity index (χ3n) is 2.98. The molecule has 92 valence electrons. The molecule has 0 saturated carbocycles. The van der Waals surface area contributed by atoms with Crippen molar-refractivity contribution in [3.8, 4) is 11.5 Å². The second-order valence-electron chi connectivity index (χ2n) is 4.24. The van der Waals surface area contributed by atoms with E-state index in [9.17, 15) is 0 Å². The van der Waals surface area contributed by atoms with Crippen LogP contribution in [0.25, 0.3) is 22.6 Å². The highest BCUT2D eigenvalue weighted by molar-refractivity contribution is 9.10. The Kier molecular flexibility index (Phi) is 2.70. The summed E-state index contributed by atoms with van der Waals surface area (Å²) < 4.78 is 2.91. The van der Waals surface area contributed by atoms with Crippen molar-refractivity contribution in [1.29, 1.82) is 0 Å². The number of aromatic amines is 1. The van der Waals surface area contributed by atoms with Crippen LogP contribution in [0, 0.1) is 0 Å². The molecule has 0 aliphatic carbocycles. The van der Waals surface area contributed by atoms with Gasteiger partial charge in [-0.2, -0.15) is 5.10 Å². The van der Waals surface area contributed by atoms with Gasteiger partial charge in [-0.05, 0) is 30.7 Å². The van der Waals surface area contributed by atoms with Crippen LogP contribution in [0.4, 0.5) is 0 Å². The van der Waals surface area contributed by atoms with Gasteiger partial charge in [-0.15, -0.1) is 0 Å². The summed E-state index contributed by atoms with van der Waals surface area (Å²) in [6, 6.07) is 8.10. The molecule has 0 aliphatic rings. The molecule has 0 bridgehead atoms. The maximum atomic E-state index is 4.60. The number of benzene rings is 1. The summed E-state index contributed by atoms with van der Waals surface area (Å²) in [6.07, 6.45) is 0.930. The monoisotopic (exact) mass is 304 g/mol. The molecule has 0 unspecified atom stereocenters. The quantitative estimate of drug-likeness (QED) is 0.789. The molecule has 4 nitrogen and oxygen atoms in total.